The summed E-state index contributed by atoms with van der Waals surface area (Å²) in [6, 6.07) is 15.6. The Morgan fingerprint density at radius 3 is 2.44 bits per heavy atom. The van der Waals surface area contributed by atoms with E-state index >= 15 is 0 Å². The number of rotatable bonds is 7. The van der Waals surface area contributed by atoms with Gasteiger partial charge in [0.1, 0.15) is 5.75 Å². The number of likely N-dealkylation sites (N-methyl/N-ethyl adjacent to an activating group) is 1. The molecule has 0 bridgehead atoms. The number of carbonyl (C=O) groups is 1. The normalized spacial score (nSPS) is 10.6. The molecule has 2 aromatic carbocycles. The van der Waals surface area contributed by atoms with Gasteiger partial charge >= 0.3 is 0 Å². The number of ether oxygens (including phenoxy) is 1. The summed E-state index contributed by atoms with van der Waals surface area (Å²) in [5, 5.41) is 8.08. The third-order valence-electron chi connectivity index (χ3n) is 4.26. The van der Waals surface area contributed by atoms with E-state index in [1.54, 1.807) is 7.05 Å². The lowest BCUT2D eigenvalue weighted by Gasteiger charge is -2.15. The van der Waals surface area contributed by atoms with Crippen LogP contribution in [-0.2, 0) is 17.8 Å². The minimum absolute atomic E-state index is 0.0407. The molecule has 27 heavy (non-hydrogen) atoms. The molecule has 1 heterocycles. The van der Waals surface area contributed by atoms with Crippen LogP contribution in [0.15, 0.2) is 52.9 Å². The molecule has 0 fully saturated rings. The van der Waals surface area contributed by atoms with E-state index in [1.807, 2.05) is 55.5 Å². The highest BCUT2D eigenvalue weighted by Gasteiger charge is 2.15. The Bertz CT molecular complexity index is 886. The van der Waals surface area contributed by atoms with E-state index in [4.69, 9.17) is 9.15 Å². The Kier molecular flexibility index (Phi) is 5.86. The van der Waals surface area contributed by atoms with Gasteiger partial charge in [-0.3, -0.25) is 4.79 Å². The summed E-state index contributed by atoms with van der Waals surface area (Å²) in [6.07, 6.45) is 0.969. The number of hydrogen-bond donors (Lipinski definition) is 0. The second-order valence-corrected chi connectivity index (χ2v) is 6.40. The quantitative estimate of drug-likeness (QED) is 0.639. The minimum atomic E-state index is -0.162. The van der Waals surface area contributed by atoms with Crippen molar-refractivity contribution in [2.24, 2.45) is 0 Å². The molecule has 0 saturated heterocycles. The molecule has 0 aliphatic rings. The first-order chi connectivity index (χ1) is 13.0. The summed E-state index contributed by atoms with van der Waals surface area (Å²) in [7, 11) is 1.68. The minimum Gasteiger partial charge on any atom is -0.484 e. The molecular weight excluding hydrogens is 342 g/mol. The monoisotopic (exact) mass is 365 g/mol. The lowest BCUT2D eigenvalue weighted by Crippen LogP contribution is -2.31. The van der Waals surface area contributed by atoms with Crippen LogP contribution in [0, 0.1) is 6.92 Å². The number of benzene rings is 2. The van der Waals surface area contributed by atoms with Crippen molar-refractivity contribution in [2.45, 2.75) is 26.8 Å². The Labute approximate surface area is 158 Å². The van der Waals surface area contributed by atoms with Gasteiger partial charge in [0.2, 0.25) is 11.8 Å². The lowest BCUT2D eigenvalue weighted by atomic mass is 10.1. The predicted molar refractivity (Wildman–Crippen MR) is 102 cm³/mol. The van der Waals surface area contributed by atoms with Crippen LogP contribution in [0.4, 0.5) is 0 Å². The Hall–Kier alpha value is -3.15. The molecule has 6 heteroatoms. The van der Waals surface area contributed by atoms with Gasteiger partial charge in [-0.1, -0.05) is 36.8 Å². The summed E-state index contributed by atoms with van der Waals surface area (Å²) in [6.45, 7) is 4.30. The van der Waals surface area contributed by atoms with Crippen molar-refractivity contribution in [2.75, 3.05) is 13.7 Å². The molecule has 0 saturated carbocycles. The third kappa shape index (κ3) is 4.94. The molecule has 6 nitrogen and oxygen atoms in total. The molecule has 1 amide bonds. The summed E-state index contributed by atoms with van der Waals surface area (Å²) in [5.74, 6) is 1.34. The van der Waals surface area contributed by atoms with E-state index in [0.29, 0.717) is 17.5 Å². The first-order valence-electron chi connectivity index (χ1n) is 8.90. The van der Waals surface area contributed by atoms with Gasteiger partial charge < -0.3 is 14.1 Å². The largest absolute Gasteiger partial charge is 0.484 e. The molecule has 140 valence electrons. The first-order valence-corrected chi connectivity index (χ1v) is 8.90. The van der Waals surface area contributed by atoms with E-state index < -0.39 is 0 Å². The van der Waals surface area contributed by atoms with Crippen LogP contribution in [0.1, 0.15) is 23.9 Å². The fourth-order valence-corrected chi connectivity index (χ4v) is 2.50. The summed E-state index contributed by atoms with van der Waals surface area (Å²) in [5.41, 5.74) is 3.24. The van der Waals surface area contributed by atoms with Crippen molar-refractivity contribution in [3.8, 4) is 17.2 Å². The molecule has 0 aliphatic carbocycles. The summed E-state index contributed by atoms with van der Waals surface area (Å²) < 4.78 is 11.2. The molecule has 0 radical (unpaired) electrons. The van der Waals surface area contributed by atoms with E-state index in [0.717, 1.165) is 17.5 Å². The zero-order valence-electron chi connectivity index (χ0n) is 15.8. The van der Waals surface area contributed by atoms with Crippen LogP contribution in [0.3, 0.4) is 0 Å². The summed E-state index contributed by atoms with van der Waals surface area (Å²) >= 11 is 0. The second kappa shape index (κ2) is 8.49. The summed E-state index contributed by atoms with van der Waals surface area (Å²) in [4.78, 5) is 13.8. The highest BCUT2D eigenvalue weighted by Crippen LogP contribution is 2.19. The average molecular weight is 365 g/mol. The number of aromatic nitrogens is 2. The van der Waals surface area contributed by atoms with Crippen LogP contribution < -0.4 is 4.74 Å². The number of amides is 1. The second-order valence-electron chi connectivity index (χ2n) is 6.40. The fraction of sp³-hybridized carbons (Fsp3) is 0.286. The van der Waals surface area contributed by atoms with Crippen molar-refractivity contribution in [3.05, 3.63) is 65.5 Å². The first kappa shape index (κ1) is 18.6. The van der Waals surface area contributed by atoms with E-state index in [-0.39, 0.29) is 19.1 Å². The van der Waals surface area contributed by atoms with E-state index in [1.165, 1.54) is 10.5 Å². The Morgan fingerprint density at radius 2 is 1.78 bits per heavy atom. The van der Waals surface area contributed by atoms with Gasteiger partial charge in [0.05, 0.1) is 6.54 Å². The van der Waals surface area contributed by atoms with Gasteiger partial charge in [-0.2, -0.15) is 0 Å². The van der Waals surface area contributed by atoms with Gasteiger partial charge in [0.15, 0.2) is 6.61 Å². The highest BCUT2D eigenvalue weighted by molar-refractivity contribution is 5.77. The topological polar surface area (TPSA) is 68.5 Å². The fourth-order valence-electron chi connectivity index (χ4n) is 2.50. The molecule has 0 atom stereocenters. The number of carbonyl (C=O) groups excluding carboxylic acids is 1. The van der Waals surface area contributed by atoms with Crippen LogP contribution in [0.2, 0.25) is 0 Å². The van der Waals surface area contributed by atoms with Crippen LogP contribution in [0.25, 0.3) is 11.5 Å². The number of nitrogens with zero attached hydrogens (tertiary/aromatic N) is 3. The van der Waals surface area contributed by atoms with Crippen molar-refractivity contribution >= 4 is 5.91 Å². The maximum atomic E-state index is 12.3. The van der Waals surface area contributed by atoms with Gasteiger partial charge in [0, 0.05) is 12.6 Å². The third-order valence-corrected chi connectivity index (χ3v) is 4.26. The molecule has 3 aromatic rings. The van der Waals surface area contributed by atoms with Crippen molar-refractivity contribution in [1.29, 1.82) is 0 Å². The molecule has 0 N–H and O–H groups in total. The van der Waals surface area contributed by atoms with Crippen molar-refractivity contribution < 1.29 is 13.9 Å². The Morgan fingerprint density at radius 1 is 1.07 bits per heavy atom. The molecule has 1 aromatic heterocycles. The Balaban J connectivity index is 1.54. The average Bonchev–Trinajstić information content (AvgIpc) is 3.15. The zero-order chi connectivity index (χ0) is 19.2. The van der Waals surface area contributed by atoms with E-state index in [9.17, 15) is 4.79 Å². The maximum Gasteiger partial charge on any atom is 0.260 e. The van der Waals surface area contributed by atoms with Crippen LogP contribution in [0.5, 0.6) is 5.75 Å². The van der Waals surface area contributed by atoms with Gasteiger partial charge in [-0.15, -0.1) is 10.2 Å². The van der Waals surface area contributed by atoms with Crippen LogP contribution >= 0.6 is 0 Å². The molecule has 3 rings (SSSR count). The number of aryl methyl sites for hydroxylation is 2. The molecule has 0 unspecified atom stereocenters. The highest BCUT2D eigenvalue weighted by atomic mass is 16.5. The molecule has 0 aliphatic heterocycles. The van der Waals surface area contributed by atoms with Gasteiger partial charge in [-0.05, 0) is 43.2 Å². The molecule has 0 spiro atoms. The predicted octanol–water partition coefficient (Wildman–Crippen LogP) is 3.64. The van der Waals surface area contributed by atoms with Crippen molar-refractivity contribution in [1.82, 2.24) is 15.1 Å². The van der Waals surface area contributed by atoms with E-state index in [2.05, 4.69) is 17.1 Å². The number of hydrogen-bond acceptors (Lipinski definition) is 5. The standard InChI is InChI=1S/C21H23N3O3/c1-4-16-7-11-18(12-8-16)26-14-20(25)24(3)13-19-22-23-21(27-19)17-9-5-15(2)6-10-17/h5-12H,4,13-14H2,1-3H3. The lowest BCUT2D eigenvalue weighted by molar-refractivity contribution is -0.132. The maximum absolute atomic E-state index is 12.3. The molecular formula is C21H23N3O3. The van der Waals surface area contributed by atoms with Crippen molar-refractivity contribution in [3.63, 3.8) is 0 Å². The van der Waals surface area contributed by atoms with Gasteiger partial charge in [0.25, 0.3) is 5.91 Å². The smallest absolute Gasteiger partial charge is 0.260 e. The zero-order valence-corrected chi connectivity index (χ0v) is 15.8. The van der Waals surface area contributed by atoms with Crippen LogP contribution in [-0.4, -0.2) is 34.7 Å². The van der Waals surface area contributed by atoms with Gasteiger partial charge in [-0.25, -0.2) is 0 Å². The SMILES string of the molecule is CCc1ccc(OCC(=O)N(C)Cc2nnc(-c3ccc(C)cc3)o2)cc1.